The summed E-state index contributed by atoms with van der Waals surface area (Å²) in [4.78, 5) is 29.6. The van der Waals surface area contributed by atoms with Gasteiger partial charge in [-0.25, -0.2) is 14.6 Å². The first-order valence-electron chi connectivity index (χ1n) is 6.45. The molecule has 4 N–H and O–H groups in total. The number of hydrogen-bond acceptors (Lipinski definition) is 4. The van der Waals surface area contributed by atoms with Crippen molar-refractivity contribution in [3.8, 4) is 0 Å². The zero-order valence-corrected chi connectivity index (χ0v) is 11.1. The molecule has 0 aromatic carbocycles. The van der Waals surface area contributed by atoms with Gasteiger partial charge in [0.25, 0.3) is 0 Å². The number of H-pyrrole nitrogens is 1. The summed E-state index contributed by atoms with van der Waals surface area (Å²) in [5.41, 5.74) is 0.648. The third kappa shape index (κ3) is 3.70. The van der Waals surface area contributed by atoms with Crippen LogP contribution in [0, 0.1) is 0 Å². The number of carbonyl (C=O) groups excluding carboxylic acids is 1. The number of aromatic amines is 1. The number of imidazole rings is 1. The first-order chi connectivity index (χ1) is 9.56. The Morgan fingerprint density at radius 2 is 2.45 bits per heavy atom. The molecule has 0 saturated carbocycles. The molecule has 0 spiro atoms. The molecule has 1 aromatic heterocycles. The molecule has 1 saturated heterocycles. The van der Waals surface area contributed by atoms with Crippen LogP contribution in [0.2, 0.25) is 0 Å². The zero-order chi connectivity index (χ0) is 14.5. The summed E-state index contributed by atoms with van der Waals surface area (Å²) in [5, 5.41) is 14.3. The summed E-state index contributed by atoms with van der Waals surface area (Å²) in [6.07, 6.45) is 3.82. The summed E-state index contributed by atoms with van der Waals surface area (Å²) < 4.78 is 5.33. The van der Waals surface area contributed by atoms with Gasteiger partial charge in [0.2, 0.25) is 0 Å². The molecule has 3 unspecified atom stereocenters. The molecular weight excluding hydrogens is 264 g/mol. The van der Waals surface area contributed by atoms with Crippen LogP contribution in [0.4, 0.5) is 4.79 Å². The van der Waals surface area contributed by atoms with E-state index in [2.05, 4.69) is 20.6 Å². The first kappa shape index (κ1) is 14.3. The van der Waals surface area contributed by atoms with E-state index >= 15 is 0 Å². The van der Waals surface area contributed by atoms with Crippen molar-refractivity contribution >= 4 is 12.0 Å². The third-order valence-electron chi connectivity index (χ3n) is 3.28. The monoisotopic (exact) mass is 282 g/mol. The number of ether oxygens (including phenoxy) is 1. The molecule has 1 aliphatic rings. The lowest BCUT2D eigenvalue weighted by atomic mass is 10.1. The number of amides is 2. The molecule has 110 valence electrons. The van der Waals surface area contributed by atoms with Gasteiger partial charge in [0.1, 0.15) is 6.04 Å². The number of hydrogen-bond donors (Lipinski definition) is 4. The van der Waals surface area contributed by atoms with E-state index in [0.717, 1.165) is 6.42 Å². The van der Waals surface area contributed by atoms with Crippen molar-refractivity contribution in [3.05, 3.63) is 18.2 Å². The highest BCUT2D eigenvalue weighted by atomic mass is 16.5. The summed E-state index contributed by atoms with van der Waals surface area (Å²) in [7, 11) is 0. The molecule has 1 aliphatic heterocycles. The van der Waals surface area contributed by atoms with Crippen LogP contribution in [-0.4, -0.2) is 51.9 Å². The molecule has 2 rings (SSSR count). The molecule has 3 atom stereocenters. The average Bonchev–Trinajstić information content (AvgIpc) is 3.01. The van der Waals surface area contributed by atoms with E-state index < -0.39 is 18.0 Å². The van der Waals surface area contributed by atoms with E-state index in [-0.39, 0.29) is 18.6 Å². The molecule has 1 aromatic rings. The largest absolute Gasteiger partial charge is 0.480 e. The highest BCUT2D eigenvalue weighted by molar-refractivity contribution is 5.82. The van der Waals surface area contributed by atoms with Crippen LogP contribution >= 0.6 is 0 Å². The lowest BCUT2D eigenvalue weighted by molar-refractivity contribution is -0.139. The van der Waals surface area contributed by atoms with Gasteiger partial charge in [0.05, 0.1) is 18.5 Å². The van der Waals surface area contributed by atoms with Crippen molar-refractivity contribution in [2.24, 2.45) is 0 Å². The van der Waals surface area contributed by atoms with Crippen LogP contribution in [0.15, 0.2) is 12.5 Å². The van der Waals surface area contributed by atoms with Gasteiger partial charge in [0.15, 0.2) is 0 Å². The standard InChI is InChI=1S/C12H18N4O4/c1-7-9(2-3-20-7)15-12(19)16-10(11(17)18)4-8-5-13-6-14-8/h5-7,9-10H,2-4H2,1H3,(H,13,14)(H,17,18)(H2,15,16,19). The normalized spacial score (nSPS) is 23.2. The van der Waals surface area contributed by atoms with Gasteiger partial charge in [-0.05, 0) is 13.3 Å². The molecular formula is C12H18N4O4. The van der Waals surface area contributed by atoms with Gasteiger partial charge < -0.3 is 25.5 Å². The van der Waals surface area contributed by atoms with Gasteiger partial charge in [0, 0.05) is 24.9 Å². The van der Waals surface area contributed by atoms with Crippen molar-refractivity contribution in [1.29, 1.82) is 0 Å². The highest BCUT2D eigenvalue weighted by Gasteiger charge is 2.27. The molecule has 8 heteroatoms. The molecule has 20 heavy (non-hydrogen) atoms. The molecule has 0 bridgehead atoms. The summed E-state index contributed by atoms with van der Waals surface area (Å²) in [5.74, 6) is -1.09. The minimum absolute atomic E-state index is 0.0587. The Hall–Kier alpha value is -2.09. The van der Waals surface area contributed by atoms with E-state index in [1.807, 2.05) is 6.92 Å². The second-order valence-electron chi connectivity index (χ2n) is 4.76. The van der Waals surface area contributed by atoms with Gasteiger partial charge in [-0.3, -0.25) is 0 Å². The van der Waals surface area contributed by atoms with Gasteiger partial charge in [-0.1, -0.05) is 0 Å². The fourth-order valence-electron chi connectivity index (χ4n) is 2.11. The SMILES string of the molecule is CC1OCCC1NC(=O)NC(Cc1cnc[nH]1)C(=O)O. The van der Waals surface area contributed by atoms with Crippen LogP contribution in [0.25, 0.3) is 0 Å². The molecule has 1 fully saturated rings. The lowest BCUT2D eigenvalue weighted by Gasteiger charge is -2.19. The second-order valence-corrected chi connectivity index (χ2v) is 4.76. The average molecular weight is 282 g/mol. The molecule has 8 nitrogen and oxygen atoms in total. The molecule has 2 heterocycles. The Kier molecular flexibility index (Phi) is 4.57. The highest BCUT2D eigenvalue weighted by Crippen LogP contribution is 2.12. The molecule has 2 amide bonds. The van der Waals surface area contributed by atoms with E-state index in [4.69, 9.17) is 9.84 Å². The number of urea groups is 1. The number of nitrogens with zero attached hydrogens (tertiary/aromatic N) is 1. The maximum Gasteiger partial charge on any atom is 0.326 e. The predicted octanol–water partition coefficient (Wildman–Crippen LogP) is -0.118. The molecule has 0 radical (unpaired) electrons. The molecule has 0 aliphatic carbocycles. The van der Waals surface area contributed by atoms with E-state index in [1.54, 1.807) is 0 Å². The number of carbonyl (C=O) groups is 2. The fourth-order valence-corrected chi connectivity index (χ4v) is 2.11. The first-order valence-corrected chi connectivity index (χ1v) is 6.45. The van der Waals surface area contributed by atoms with Crippen molar-refractivity contribution in [2.45, 2.75) is 38.0 Å². The predicted molar refractivity (Wildman–Crippen MR) is 69.2 cm³/mol. The topological polar surface area (TPSA) is 116 Å². The summed E-state index contributed by atoms with van der Waals surface area (Å²) in [6.45, 7) is 2.47. The van der Waals surface area contributed by atoms with Crippen molar-refractivity contribution in [2.75, 3.05) is 6.61 Å². The van der Waals surface area contributed by atoms with Crippen LogP contribution in [0.1, 0.15) is 19.0 Å². The Morgan fingerprint density at radius 1 is 1.65 bits per heavy atom. The Bertz CT molecular complexity index is 462. The maximum absolute atomic E-state index is 11.8. The Labute approximate surface area is 115 Å². The van der Waals surface area contributed by atoms with E-state index in [1.165, 1.54) is 12.5 Å². The quantitative estimate of drug-likeness (QED) is 0.601. The lowest BCUT2D eigenvalue weighted by Crippen LogP contribution is -2.51. The number of aromatic nitrogens is 2. The summed E-state index contributed by atoms with van der Waals surface area (Å²) >= 11 is 0. The van der Waals surface area contributed by atoms with Crippen LogP contribution in [-0.2, 0) is 16.0 Å². The number of rotatable bonds is 5. The van der Waals surface area contributed by atoms with Gasteiger partial charge in [-0.15, -0.1) is 0 Å². The maximum atomic E-state index is 11.8. The van der Waals surface area contributed by atoms with Crippen molar-refractivity contribution in [3.63, 3.8) is 0 Å². The van der Waals surface area contributed by atoms with Crippen LogP contribution < -0.4 is 10.6 Å². The smallest absolute Gasteiger partial charge is 0.326 e. The second kappa shape index (κ2) is 6.38. The fraction of sp³-hybridized carbons (Fsp3) is 0.583. The van der Waals surface area contributed by atoms with Crippen LogP contribution in [0.3, 0.4) is 0 Å². The van der Waals surface area contributed by atoms with Gasteiger partial charge in [-0.2, -0.15) is 0 Å². The van der Waals surface area contributed by atoms with E-state index in [0.29, 0.717) is 12.3 Å². The minimum atomic E-state index is -1.09. The third-order valence-corrected chi connectivity index (χ3v) is 3.28. The Balaban J connectivity index is 1.87. The van der Waals surface area contributed by atoms with E-state index in [9.17, 15) is 9.59 Å². The van der Waals surface area contributed by atoms with Crippen LogP contribution in [0.5, 0.6) is 0 Å². The van der Waals surface area contributed by atoms with Crippen molar-refractivity contribution in [1.82, 2.24) is 20.6 Å². The number of carboxylic acids is 1. The van der Waals surface area contributed by atoms with Gasteiger partial charge >= 0.3 is 12.0 Å². The number of carboxylic acid groups (broad SMARTS) is 1. The Morgan fingerprint density at radius 3 is 3.00 bits per heavy atom. The summed E-state index contributed by atoms with van der Waals surface area (Å²) in [6, 6.07) is -1.59. The zero-order valence-electron chi connectivity index (χ0n) is 11.1. The minimum Gasteiger partial charge on any atom is -0.480 e. The van der Waals surface area contributed by atoms with Crippen molar-refractivity contribution < 1.29 is 19.4 Å². The number of aliphatic carboxylic acids is 1. The number of nitrogens with one attached hydrogen (secondary N) is 3.